The molecule has 1 atom stereocenters. The number of thiophene rings is 1. The van der Waals surface area contributed by atoms with E-state index in [1.54, 1.807) is 0 Å². The van der Waals surface area contributed by atoms with E-state index in [-0.39, 0.29) is 11.3 Å². The molecule has 0 bridgehead atoms. The number of rotatable bonds is 4. The van der Waals surface area contributed by atoms with Crippen LogP contribution in [-0.4, -0.2) is 11.8 Å². The molecule has 3 N–H and O–H groups in total. The van der Waals surface area contributed by atoms with Gasteiger partial charge in [-0.05, 0) is 59.4 Å². The lowest BCUT2D eigenvalue weighted by atomic mass is 9.72. The van der Waals surface area contributed by atoms with Gasteiger partial charge in [0.1, 0.15) is 5.00 Å². The van der Waals surface area contributed by atoms with E-state index in [1.165, 1.54) is 16.2 Å². The van der Waals surface area contributed by atoms with E-state index in [0.29, 0.717) is 22.0 Å². The van der Waals surface area contributed by atoms with Crippen molar-refractivity contribution in [2.45, 2.75) is 40.0 Å². The molecule has 0 unspecified atom stereocenters. The van der Waals surface area contributed by atoms with E-state index >= 15 is 0 Å². The molecule has 0 saturated heterocycles. The maximum absolute atomic E-state index is 12.9. The molecule has 0 spiro atoms. The van der Waals surface area contributed by atoms with Crippen molar-refractivity contribution >= 4 is 28.2 Å². The summed E-state index contributed by atoms with van der Waals surface area (Å²) in [6, 6.07) is 17.5. The number of benzene rings is 2. The molecule has 3 aromatic rings. The van der Waals surface area contributed by atoms with Gasteiger partial charge in [0.25, 0.3) is 11.8 Å². The second kappa shape index (κ2) is 8.31. The fraction of sp³-hybridized carbons (Fsp3) is 0.308. The number of carbonyl (C=O) groups is 2. The number of hydrogen-bond acceptors (Lipinski definition) is 3. The highest BCUT2D eigenvalue weighted by Gasteiger charge is 2.33. The van der Waals surface area contributed by atoms with Gasteiger partial charge < -0.3 is 11.1 Å². The molecule has 1 aliphatic carbocycles. The topological polar surface area (TPSA) is 72.2 Å². The summed E-state index contributed by atoms with van der Waals surface area (Å²) in [5.74, 6) is -0.150. The van der Waals surface area contributed by atoms with E-state index in [2.05, 4.69) is 26.1 Å². The number of nitrogens with two attached hydrogens (primary N) is 1. The van der Waals surface area contributed by atoms with Crippen LogP contribution in [-0.2, 0) is 12.8 Å². The van der Waals surface area contributed by atoms with Crippen LogP contribution in [0.3, 0.4) is 0 Å². The van der Waals surface area contributed by atoms with E-state index in [0.717, 1.165) is 36.0 Å². The van der Waals surface area contributed by atoms with Crippen molar-refractivity contribution in [3.63, 3.8) is 0 Å². The van der Waals surface area contributed by atoms with Crippen LogP contribution in [0.15, 0.2) is 54.6 Å². The average molecular weight is 433 g/mol. The van der Waals surface area contributed by atoms with Gasteiger partial charge >= 0.3 is 0 Å². The van der Waals surface area contributed by atoms with Crippen LogP contribution in [0.5, 0.6) is 0 Å². The summed E-state index contributed by atoms with van der Waals surface area (Å²) in [5, 5.41) is 3.53. The van der Waals surface area contributed by atoms with Crippen molar-refractivity contribution in [2.24, 2.45) is 17.1 Å². The molecule has 31 heavy (non-hydrogen) atoms. The molecule has 1 aliphatic rings. The molecule has 0 aliphatic heterocycles. The Bertz CT molecular complexity index is 1110. The van der Waals surface area contributed by atoms with Crippen molar-refractivity contribution in [3.05, 3.63) is 76.2 Å². The van der Waals surface area contributed by atoms with Gasteiger partial charge in [-0.25, -0.2) is 0 Å². The summed E-state index contributed by atoms with van der Waals surface area (Å²) in [5.41, 5.74) is 10.1. The van der Waals surface area contributed by atoms with Crippen molar-refractivity contribution in [1.29, 1.82) is 0 Å². The Morgan fingerprint density at radius 2 is 1.65 bits per heavy atom. The minimum Gasteiger partial charge on any atom is -0.365 e. The third-order valence-corrected chi connectivity index (χ3v) is 7.39. The zero-order chi connectivity index (χ0) is 22.2. The maximum atomic E-state index is 12.9. The fourth-order valence-electron chi connectivity index (χ4n) is 4.29. The summed E-state index contributed by atoms with van der Waals surface area (Å²) >= 11 is 1.50. The first-order valence-corrected chi connectivity index (χ1v) is 11.5. The standard InChI is InChI=1S/C26H28N2O2S/c1-26(2,3)19-13-14-20-21(15-19)31-25(22(20)23(27)29)28-24(30)18-11-9-17(10-12-18)16-7-5-4-6-8-16/h4-12,19H,13-15H2,1-3H3,(H2,27,29)(H,28,30)/t19-/m1/s1. The SMILES string of the molecule is CC(C)(C)[C@@H]1CCc2c(sc(NC(=O)c3ccc(-c4ccccc4)cc3)c2C(N)=O)C1. The summed E-state index contributed by atoms with van der Waals surface area (Å²) in [7, 11) is 0. The number of amides is 2. The van der Waals surface area contributed by atoms with Crippen LogP contribution in [0.1, 0.15) is 58.3 Å². The predicted octanol–water partition coefficient (Wildman–Crippen LogP) is 5.92. The van der Waals surface area contributed by atoms with Gasteiger partial charge in [-0.1, -0.05) is 63.2 Å². The normalized spacial score (nSPS) is 15.9. The van der Waals surface area contributed by atoms with Gasteiger partial charge in [0.15, 0.2) is 0 Å². The van der Waals surface area contributed by atoms with Gasteiger partial charge in [0.2, 0.25) is 0 Å². The Morgan fingerprint density at radius 3 is 2.26 bits per heavy atom. The van der Waals surface area contributed by atoms with Crippen molar-refractivity contribution in [2.75, 3.05) is 5.32 Å². The average Bonchev–Trinajstić information content (AvgIpc) is 3.11. The molecule has 1 aromatic heterocycles. The Labute approximate surface area is 187 Å². The van der Waals surface area contributed by atoms with Gasteiger partial charge in [0, 0.05) is 10.4 Å². The minimum absolute atomic E-state index is 0.207. The molecule has 5 heteroatoms. The largest absolute Gasteiger partial charge is 0.365 e. The Balaban J connectivity index is 1.57. The summed E-state index contributed by atoms with van der Waals surface area (Å²) in [4.78, 5) is 26.3. The number of primary amides is 1. The van der Waals surface area contributed by atoms with Crippen LogP contribution < -0.4 is 11.1 Å². The molecule has 2 aromatic carbocycles. The first-order chi connectivity index (χ1) is 14.7. The smallest absolute Gasteiger partial charge is 0.256 e. The summed E-state index contributed by atoms with van der Waals surface area (Å²) in [6.45, 7) is 6.77. The second-order valence-electron chi connectivity index (χ2n) is 9.28. The molecular weight excluding hydrogens is 404 g/mol. The summed E-state index contributed by atoms with van der Waals surface area (Å²) in [6.07, 6.45) is 2.78. The van der Waals surface area contributed by atoms with Crippen LogP contribution in [0.25, 0.3) is 11.1 Å². The third kappa shape index (κ3) is 4.42. The Kier molecular flexibility index (Phi) is 5.71. The van der Waals surface area contributed by atoms with E-state index in [4.69, 9.17) is 5.73 Å². The van der Waals surface area contributed by atoms with E-state index < -0.39 is 5.91 Å². The maximum Gasteiger partial charge on any atom is 0.256 e. The van der Waals surface area contributed by atoms with Gasteiger partial charge in [-0.15, -0.1) is 11.3 Å². The molecule has 0 fully saturated rings. The number of carbonyl (C=O) groups excluding carboxylic acids is 2. The zero-order valence-corrected chi connectivity index (χ0v) is 19.0. The number of anilines is 1. The second-order valence-corrected chi connectivity index (χ2v) is 10.4. The third-order valence-electron chi connectivity index (χ3n) is 6.22. The van der Waals surface area contributed by atoms with Crippen LogP contribution in [0.4, 0.5) is 5.00 Å². The molecule has 0 saturated carbocycles. The van der Waals surface area contributed by atoms with Gasteiger partial charge in [-0.2, -0.15) is 0 Å². The highest BCUT2D eigenvalue weighted by atomic mass is 32.1. The van der Waals surface area contributed by atoms with Crippen molar-refractivity contribution in [3.8, 4) is 11.1 Å². The Hall–Kier alpha value is -2.92. The molecule has 160 valence electrons. The predicted molar refractivity (Wildman–Crippen MR) is 128 cm³/mol. The lowest BCUT2D eigenvalue weighted by Gasteiger charge is -2.33. The van der Waals surface area contributed by atoms with Crippen molar-refractivity contribution < 1.29 is 9.59 Å². The van der Waals surface area contributed by atoms with Crippen LogP contribution in [0.2, 0.25) is 0 Å². The Morgan fingerprint density at radius 1 is 1.00 bits per heavy atom. The van der Waals surface area contributed by atoms with Crippen molar-refractivity contribution in [1.82, 2.24) is 0 Å². The zero-order valence-electron chi connectivity index (χ0n) is 18.2. The van der Waals surface area contributed by atoms with Crippen LogP contribution >= 0.6 is 11.3 Å². The minimum atomic E-state index is -0.471. The monoisotopic (exact) mass is 432 g/mol. The van der Waals surface area contributed by atoms with E-state index in [9.17, 15) is 9.59 Å². The molecule has 1 heterocycles. The highest BCUT2D eigenvalue weighted by molar-refractivity contribution is 7.17. The molecule has 4 nitrogen and oxygen atoms in total. The lowest BCUT2D eigenvalue weighted by Crippen LogP contribution is -2.27. The first-order valence-electron chi connectivity index (χ1n) is 10.6. The lowest BCUT2D eigenvalue weighted by molar-refractivity contribution is 0.1000. The van der Waals surface area contributed by atoms with Gasteiger partial charge in [0.05, 0.1) is 5.56 Å². The highest BCUT2D eigenvalue weighted by Crippen LogP contribution is 2.44. The van der Waals surface area contributed by atoms with Crippen LogP contribution in [0, 0.1) is 11.3 Å². The number of fused-ring (bicyclic) bond motifs is 1. The number of nitrogens with one attached hydrogen (secondary N) is 1. The van der Waals surface area contributed by atoms with Gasteiger partial charge in [-0.3, -0.25) is 9.59 Å². The first kappa shape index (κ1) is 21.3. The molecule has 0 radical (unpaired) electrons. The van der Waals surface area contributed by atoms with E-state index in [1.807, 2.05) is 54.6 Å². The molecular formula is C26H28N2O2S. The molecule has 4 rings (SSSR count). The number of hydrogen-bond donors (Lipinski definition) is 2. The fourth-order valence-corrected chi connectivity index (χ4v) is 5.62. The summed E-state index contributed by atoms with van der Waals surface area (Å²) < 4.78 is 0. The quantitative estimate of drug-likeness (QED) is 0.537. The molecule has 2 amide bonds.